The van der Waals surface area contributed by atoms with Gasteiger partial charge in [0, 0.05) is 24.3 Å². The first-order valence-electron chi connectivity index (χ1n) is 7.20. The minimum Gasteiger partial charge on any atom is -0.484 e. The summed E-state index contributed by atoms with van der Waals surface area (Å²) in [6, 6.07) is 6.79. The van der Waals surface area contributed by atoms with Crippen LogP contribution in [0.5, 0.6) is 5.75 Å². The second-order valence-electron chi connectivity index (χ2n) is 4.60. The maximum atomic E-state index is 11.7. The summed E-state index contributed by atoms with van der Waals surface area (Å²) in [6.45, 7) is 2.28. The number of ketones is 1. The molecule has 0 saturated carbocycles. The molecule has 2 rings (SSSR count). The molecule has 122 valence electrons. The van der Waals surface area contributed by atoms with Gasteiger partial charge in [-0.1, -0.05) is 6.92 Å². The van der Waals surface area contributed by atoms with Crippen molar-refractivity contribution < 1.29 is 14.3 Å². The van der Waals surface area contributed by atoms with Gasteiger partial charge in [-0.2, -0.15) is 10.3 Å². The number of benzene rings is 1. The van der Waals surface area contributed by atoms with Crippen molar-refractivity contribution in [2.24, 2.45) is 0 Å². The lowest BCUT2D eigenvalue weighted by Crippen LogP contribution is -2.30. The SMILES string of the molecule is CCC(=O)c1ccc(OCC(=O)NCCSc2cn[nH]n2)cc1. The molecule has 0 aliphatic carbocycles. The summed E-state index contributed by atoms with van der Waals surface area (Å²) in [5.74, 6) is 1.15. The van der Waals surface area contributed by atoms with Gasteiger partial charge in [-0.25, -0.2) is 0 Å². The van der Waals surface area contributed by atoms with Crippen LogP contribution in [-0.4, -0.2) is 46.0 Å². The van der Waals surface area contributed by atoms with Crippen molar-refractivity contribution in [1.29, 1.82) is 0 Å². The van der Waals surface area contributed by atoms with E-state index in [0.717, 1.165) is 5.03 Å². The number of Topliss-reactive ketones (excluding diaryl/α,β-unsaturated/α-hetero) is 1. The number of ether oxygens (including phenoxy) is 1. The van der Waals surface area contributed by atoms with E-state index in [-0.39, 0.29) is 18.3 Å². The van der Waals surface area contributed by atoms with Gasteiger partial charge in [-0.15, -0.1) is 16.9 Å². The number of H-pyrrole nitrogens is 1. The maximum absolute atomic E-state index is 11.7. The third kappa shape index (κ3) is 5.74. The quantitative estimate of drug-likeness (QED) is 0.411. The average Bonchev–Trinajstić information content (AvgIpc) is 3.10. The number of nitrogens with one attached hydrogen (secondary N) is 2. The molecule has 2 aromatic rings. The zero-order valence-electron chi connectivity index (χ0n) is 12.7. The summed E-state index contributed by atoms with van der Waals surface area (Å²) >= 11 is 1.50. The van der Waals surface area contributed by atoms with E-state index >= 15 is 0 Å². The Balaban J connectivity index is 1.64. The van der Waals surface area contributed by atoms with Gasteiger partial charge < -0.3 is 10.1 Å². The summed E-state index contributed by atoms with van der Waals surface area (Å²) in [7, 11) is 0. The lowest BCUT2D eigenvalue weighted by Gasteiger charge is -2.07. The standard InChI is InChI=1S/C15H18N4O3S/c1-2-13(20)11-3-5-12(6-4-11)22-10-14(21)16-7-8-23-15-9-17-19-18-15/h3-6,9H,2,7-8,10H2,1H3,(H,16,21)(H,17,18,19). The van der Waals surface area contributed by atoms with Crippen molar-refractivity contribution >= 4 is 23.5 Å². The van der Waals surface area contributed by atoms with Crippen LogP contribution in [0.3, 0.4) is 0 Å². The Morgan fingerprint density at radius 1 is 1.30 bits per heavy atom. The third-order valence-electron chi connectivity index (χ3n) is 2.93. The first kappa shape index (κ1) is 17.0. The van der Waals surface area contributed by atoms with Crippen LogP contribution < -0.4 is 10.1 Å². The molecule has 0 aliphatic heterocycles. The predicted molar refractivity (Wildman–Crippen MR) is 86.7 cm³/mol. The molecule has 1 amide bonds. The molecule has 1 aromatic carbocycles. The van der Waals surface area contributed by atoms with E-state index < -0.39 is 0 Å². The number of nitrogens with zero attached hydrogens (tertiary/aromatic N) is 2. The van der Waals surface area contributed by atoms with Crippen LogP contribution >= 0.6 is 11.8 Å². The van der Waals surface area contributed by atoms with Crippen LogP contribution in [0.2, 0.25) is 0 Å². The molecule has 1 aromatic heterocycles. The predicted octanol–water partition coefficient (Wildman–Crippen LogP) is 1.68. The van der Waals surface area contributed by atoms with Gasteiger partial charge in [0.05, 0.1) is 6.20 Å². The molecular weight excluding hydrogens is 316 g/mol. The average molecular weight is 334 g/mol. The number of hydrogen-bond acceptors (Lipinski definition) is 6. The van der Waals surface area contributed by atoms with Crippen molar-refractivity contribution in [3.63, 3.8) is 0 Å². The Labute approximate surface area is 138 Å². The summed E-state index contributed by atoms with van der Waals surface area (Å²) in [6.07, 6.45) is 2.09. The van der Waals surface area contributed by atoms with E-state index in [1.165, 1.54) is 11.8 Å². The normalized spacial score (nSPS) is 10.3. The fourth-order valence-electron chi connectivity index (χ4n) is 1.75. The van der Waals surface area contributed by atoms with Crippen molar-refractivity contribution in [3.05, 3.63) is 36.0 Å². The largest absolute Gasteiger partial charge is 0.484 e. The van der Waals surface area contributed by atoms with Crippen LogP contribution in [0.4, 0.5) is 0 Å². The number of hydrogen-bond donors (Lipinski definition) is 2. The molecule has 0 fully saturated rings. The number of aromatic nitrogens is 3. The summed E-state index contributed by atoms with van der Waals surface area (Å²) in [5, 5.41) is 13.7. The van der Waals surface area contributed by atoms with E-state index in [2.05, 4.69) is 20.7 Å². The Bertz CT molecular complexity index is 629. The summed E-state index contributed by atoms with van der Waals surface area (Å²) < 4.78 is 5.38. The van der Waals surface area contributed by atoms with Gasteiger partial charge in [0.15, 0.2) is 12.4 Å². The number of rotatable bonds is 9. The smallest absolute Gasteiger partial charge is 0.257 e. The second kappa shape index (κ2) is 8.94. The highest BCUT2D eigenvalue weighted by molar-refractivity contribution is 7.99. The minimum absolute atomic E-state index is 0.0598. The van der Waals surface area contributed by atoms with Gasteiger partial charge in [0.25, 0.3) is 5.91 Å². The third-order valence-corrected chi connectivity index (χ3v) is 3.84. The molecule has 0 bridgehead atoms. The van der Waals surface area contributed by atoms with Gasteiger partial charge in [-0.05, 0) is 24.3 Å². The van der Waals surface area contributed by atoms with E-state index in [4.69, 9.17) is 4.74 Å². The minimum atomic E-state index is -0.195. The van der Waals surface area contributed by atoms with Gasteiger partial charge in [0.2, 0.25) is 0 Å². The van der Waals surface area contributed by atoms with Gasteiger partial charge in [0.1, 0.15) is 10.8 Å². The van der Waals surface area contributed by atoms with Crippen LogP contribution in [-0.2, 0) is 4.79 Å². The molecule has 1 heterocycles. The van der Waals surface area contributed by atoms with Crippen molar-refractivity contribution in [3.8, 4) is 5.75 Å². The van der Waals surface area contributed by atoms with E-state index in [0.29, 0.717) is 30.0 Å². The molecule has 7 nitrogen and oxygen atoms in total. The Hall–Kier alpha value is -2.35. The van der Waals surface area contributed by atoms with E-state index in [1.807, 2.05) is 6.92 Å². The number of aromatic amines is 1. The molecule has 2 N–H and O–H groups in total. The lowest BCUT2D eigenvalue weighted by molar-refractivity contribution is -0.122. The van der Waals surface area contributed by atoms with Crippen molar-refractivity contribution in [1.82, 2.24) is 20.7 Å². The topological polar surface area (TPSA) is 97.0 Å². The molecule has 0 radical (unpaired) electrons. The van der Waals surface area contributed by atoms with E-state index in [1.54, 1.807) is 30.5 Å². The summed E-state index contributed by atoms with van der Waals surface area (Å²) in [5.41, 5.74) is 0.647. The van der Waals surface area contributed by atoms with Gasteiger partial charge >= 0.3 is 0 Å². The fraction of sp³-hybridized carbons (Fsp3) is 0.333. The highest BCUT2D eigenvalue weighted by Gasteiger charge is 2.05. The lowest BCUT2D eigenvalue weighted by atomic mass is 10.1. The highest BCUT2D eigenvalue weighted by Crippen LogP contribution is 2.13. The number of amides is 1. The fourth-order valence-corrected chi connectivity index (χ4v) is 2.39. The molecule has 0 spiro atoms. The number of carbonyl (C=O) groups is 2. The first-order valence-corrected chi connectivity index (χ1v) is 8.19. The molecule has 0 aliphatic rings. The molecule has 0 unspecified atom stereocenters. The van der Waals surface area contributed by atoms with Crippen LogP contribution in [0, 0.1) is 0 Å². The Morgan fingerprint density at radius 2 is 2.09 bits per heavy atom. The zero-order valence-corrected chi connectivity index (χ0v) is 13.6. The highest BCUT2D eigenvalue weighted by atomic mass is 32.2. The van der Waals surface area contributed by atoms with Crippen LogP contribution in [0.1, 0.15) is 23.7 Å². The van der Waals surface area contributed by atoms with Gasteiger partial charge in [-0.3, -0.25) is 9.59 Å². The van der Waals surface area contributed by atoms with Crippen molar-refractivity contribution in [2.75, 3.05) is 18.9 Å². The summed E-state index contributed by atoms with van der Waals surface area (Å²) in [4.78, 5) is 23.2. The molecule has 8 heteroatoms. The maximum Gasteiger partial charge on any atom is 0.257 e. The monoisotopic (exact) mass is 334 g/mol. The zero-order chi connectivity index (χ0) is 16.5. The van der Waals surface area contributed by atoms with Crippen LogP contribution in [0.15, 0.2) is 35.5 Å². The molecule has 0 atom stereocenters. The molecule has 23 heavy (non-hydrogen) atoms. The Morgan fingerprint density at radius 3 is 2.74 bits per heavy atom. The van der Waals surface area contributed by atoms with Crippen molar-refractivity contribution in [2.45, 2.75) is 18.4 Å². The van der Waals surface area contributed by atoms with Crippen LogP contribution in [0.25, 0.3) is 0 Å². The van der Waals surface area contributed by atoms with E-state index in [9.17, 15) is 9.59 Å². The first-order chi connectivity index (χ1) is 11.2. The number of thioether (sulfide) groups is 1. The Kier molecular flexibility index (Phi) is 6.61. The molecular formula is C15H18N4O3S. The molecule has 0 saturated heterocycles. The number of carbonyl (C=O) groups excluding carboxylic acids is 2. The second-order valence-corrected chi connectivity index (χ2v) is 5.71.